The third-order valence-corrected chi connectivity index (χ3v) is 7.67. The minimum atomic E-state index is -1.94. The topological polar surface area (TPSA) is 118 Å². The molecule has 3 heterocycles. The fourth-order valence-corrected chi connectivity index (χ4v) is 5.14. The molecule has 3 aromatic rings. The van der Waals surface area contributed by atoms with Crippen LogP contribution in [-0.4, -0.2) is 76.9 Å². The fourth-order valence-electron chi connectivity index (χ4n) is 5.14. The summed E-state index contributed by atoms with van der Waals surface area (Å²) in [6.45, 7) is 3.76. The van der Waals surface area contributed by atoms with Crippen molar-refractivity contribution in [2.45, 2.75) is 37.6 Å². The van der Waals surface area contributed by atoms with E-state index < -0.39 is 11.4 Å². The zero-order chi connectivity index (χ0) is 30.2. The summed E-state index contributed by atoms with van der Waals surface area (Å²) < 4.78 is 11.0. The minimum Gasteiger partial charge on any atom is -0.457 e. The number of aliphatic hydroxyl groups is 1. The van der Waals surface area contributed by atoms with Gasteiger partial charge in [0.15, 0.2) is 0 Å². The van der Waals surface area contributed by atoms with Crippen LogP contribution in [0.15, 0.2) is 66.9 Å². The molecule has 5 rings (SSSR count). The van der Waals surface area contributed by atoms with E-state index in [2.05, 4.69) is 16.0 Å². The van der Waals surface area contributed by atoms with E-state index in [-0.39, 0.29) is 5.69 Å². The number of hydrogen-bond acceptors (Lipinski definition) is 8. The summed E-state index contributed by atoms with van der Waals surface area (Å²) >= 11 is 0. The van der Waals surface area contributed by atoms with Crippen molar-refractivity contribution in [3.63, 3.8) is 0 Å². The number of benzene rings is 2. The molecular formula is C31H36B2N4O5. The Bertz CT molecular complexity index is 1340. The lowest BCUT2D eigenvalue weighted by atomic mass is 9.71. The number of ether oxygens (including phenoxy) is 2. The molecular weight excluding hydrogens is 530 g/mol. The maximum Gasteiger partial charge on any atom is 0.267 e. The minimum absolute atomic E-state index is 0.188. The fraction of sp³-hybridized carbons (Fsp3) is 0.387. The van der Waals surface area contributed by atoms with Gasteiger partial charge in [0.05, 0.1) is 0 Å². The van der Waals surface area contributed by atoms with Crippen LogP contribution in [0.4, 0.5) is 11.4 Å². The average molecular weight is 566 g/mol. The number of anilines is 2. The summed E-state index contributed by atoms with van der Waals surface area (Å²) in [5, 5.41) is 10.0. The Hall–Kier alpha value is -3.82. The molecule has 9 nitrogen and oxygen atoms in total. The number of nitrogens with zero attached hydrogens (tertiary/aromatic N) is 3. The van der Waals surface area contributed by atoms with Gasteiger partial charge in [0.1, 0.15) is 39.2 Å². The highest BCUT2D eigenvalue weighted by Crippen LogP contribution is 2.43. The molecule has 2 aliphatic rings. The number of aldehydes is 1. The van der Waals surface area contributed by atoms with Crippen molar-refractivity contribution >= 4 is 39.3 Å². The maximum atomic E-state index is 10.9. The number of aromatic nitrogens is 1. The largest absolute Gasteiger partial charge is 0.457 e. The molecule has 0 aliphatic carbocycles. The molecule has 2 aliphatic heterocycles. The van der Waals surface area contributed by atoms with E-state index in [9.17, 15) is 14.7 Å². The van der Waals surface area contributed by atoms with Gasteiger partial charge in [0, 0.05) is 74.3 Å². The van der Waals surface area contributed by atoms with Crippen LogP contribution in [0.5, 0.6) is 11.5 Å². The number of rotatable bonds is 10. The van der Waals surface area contributed by atoms with Crippen LogP contribution in [-0.2, 0) is 16.0 Å². The maximum absolute atomic E-state index is 10.9. The predicted octanol–water partition coefficient (Wildman–Crippen LogP) is 3.17. The van der Waals surface area contributed by atoms with Crippen molar-refractivity contribution in [3.05, 3.63) is 78.1 Å². The van der Waals surface area contributed by atoms with E-state index in [4.69, 9.17) is 30.9 Å². The van der Waals surface area contributed by atoms with E-state index in [1.54, 1.807) is 13.1 Å². The SMILES string of the molecule is NC(=O)c1cc(Oc2ccccc2)ccn1.[B]C([B])(O)N(C)c1cc(N2CC3(CCOCC3)C2)ccc1CCCC=O. The Morgan fingerprint density at radius 2 is 1.86 bits per heavy atom. The van der Waals surface area contributed by atoms with E-state index in [1.165, 1.54) is 17.2 Å². The number of para-hydroxylation sites is 1. The van der Waals surface area contributed by atoms with Gasteiger partial charge in [0.2, 0.25) is 0 Å². The summed E-state index contributed by atoms with van der Waals surface area (Å²) in [6, 6.07) is 18.6. The van der Waals surface area contributed by atoms with Gasteiger partial charge in [-0.05, 0) is 61.6 Å². The lowest BCUT2D eigenvalue weighted by Gasteiger charge is -2.53. The number of unbranched alkanes of at least 4 members (excludes halogenated alkanes) is 1. The van der Waals surface area contributed by atoms with Crippen LogP contribution in [0.2, 0.25) is 0 Å². The predicted molar refractivity (Wildman–Crippen MR) is 164 cm³/mol. The van der Waals surface area contributed by atoms with Crippen LogP contribution in [0.25, 0.3) is 0 Å². The molecule has 2 saturated heterocycles. The molecule has 1 aromatic heterocycles. The van der Waals surface area contributed by atoms with Crippen molar-refractivity contribution in [1.82, 2.24) is 4.98 Å². The van der Waals surface area contributed by atoms with E-state index >= 15 is 0 Å². The molecule has 4 radical (unpaired) electrons. The molecule has 1 amide bonds. The third kappa shape index (κ3) is 8.14. The number of aryl methyl sites for hydroxylation is 1. The zero-order valence-electron chi connectivity index (χ0n) is 23.9. The molecule has 0 unspecified atom stereocenters. The van der Waals surface area contributed by atoms with Crippen molar-refractivity contribution in [2.24, 2.45) is 11.1 Å². The Morgan fingerprint density at radius 1 is 1.14 bits per heavy atom. The lowest BCUT2D eigenvalue weighted by Crippen LogP contribution is -2.58. The number of nitrogens with two attached hydrogens (primary N) is 1. The summed E-state index contributed by atoms with van der Waals surface area (Å²) in [4.78, 5) is 29.2. The van der Waals surface area contributed by atoms with Gasteiger partial charge < -0.3 is 34.9 Å². The van der Waals surface area contributed by atoms with Crippen LogP contribution < -0.4 is 20.3 Å². The Morgan fingerprint density at radius 3 is 2.50 bits per heavy atom. The summed E-state index contributed by atoms with van der Waals surface area (Å²) in [5.74, 6) is 0.664. The number of carbonyl (C=O) groups is 2. The number of carbonyl (C=O) groups excluding carboxylic acids is 2. The van der Waals surface area contributed by atoms with Crippen LogP contribution in [0.1, 0.15) is 41.7 Å². The molecule has 0 saturated carbocycles. The van der Waals surface area contributed by atoms with Gasteiger partial charge in [0.25, 0.3) is 5.91 Å². The molecule has 2 aromatic carbocycles. The first-order valence-electron chi connectivity index (χ1n) is 14.0. The van der Waals surface area contributed by atoms with Gasteiger partial charge in [-0.2, -0.15) is 0 Å². The summed E-state index contributed by atoms with van der Waals surface area (Å²) in [7, 11) is 13.1. The second-order valence-electron chi connectivity index (χ2n) is 10.8. The van der Waals surface area contributed by atoms with Gasteiger partial charge >= 0.3 is 0 Å². The summed E-state index contributed by atoms with van der Waals surface area (Å²) in [6.07, 6.45) is 6.64. The number of amides is 1. The molecule has 42 heavy (non-hydrogen) atoms. The van der Waals surface area contributed by atoms with Gasteiger partial charge in [-0.1, -0.05) is 24.3 Å². The van der Waals surface area contributed by atoms with Gasteiger partial charge in [-0.15, -0.1) is 0 Å². The Balaban J connectivity index is 0.000000216. The highest BCUT2D eigenvalue weighted by molar-refractivity contribution is 6.40. The second kappa shape index (κ2) is 13.9. The molecule has 216 valence electrons. The number of pyridine rings is 1. The van der Waals surface area contributed by atoms with E-state index in [0.29, 0.717) is 23.3 Å². The molecule has 0 atom stereocenters. The van der Waals surface area contributed by atoms with Crippen LogP contribution in [0.3, 0.4) is 0 Å². The molecule has 11 heteroatoms. The first-order valence-corrected chi connectivity index (χ1v) is 14.0. The van der Waals surface area contributed by atoms with Gasteiger partial charge in [-0.3, -0.25) is 9.78 Å². The standard InChI is InChI=1S/C19H26B2N2O3.C12H10N2O2/c1-22(19(20,21)25)17-12-16(6-5-15(17)4-2-3-9-24)23-13-18(14-23)7-10-26-11-8-18;13-12(15)11-8-10(6-7-14-11)16-9-4-2-1-3-5-9/h5-6,9,12,25H,2-4,7-8,10-11,13-14H2,1H3;1-8H,(H2,13,15). The first-order chi connectivity index (χ1) is 20.1. The third-order valence-electron chi connectivity index (χ3n) is 7.67. The molecule has 1 spiro atoms. The highest BCUT2D eigenvalue weighted by Gasteiger charge is 2.44. The lowest BCUT2D eigenvalue weighted by molar-refractivity contribution is -0.107. The number of primary amides is 1. The van der Waals surface area contributed by atoms with Gasteiger partial charge in [-0.25, -0.2) is 0 Å². The monoisotopic (exact) mass is 566 g/mol. The summed E-state index contributed by atoms with van der Waals surface area (Å²) in [5.41, 5.74) is 6.68. The number of hydrogen-bond donors (Lipinski definition) is 2. The average Bonchev–Trinajstić information content (AvgIpc) is 2.97. The molecule has 2 fully saturated rings. The second-order valence-corrected chi connectivity index (χ2v) is 10.8. The zero-order valence-corrected chi connectivity index (χ0v) is 23.9. The molecule has 3 N–H and O–H groups in total. The van der Waals surface area contributed by atoms with Crippen molar-refractivity contribution in [1.29, 1.82) is 0 Å². The normalized spacial score (nSPS) is 15.6. The Labute approximate surface area is 249 Å². The van der Waals surface area contributed by atoms with E-state index in [1.807, 2.05) is 42.5 Å². The quantitative estimate of drug-likeness (QED) is 0.166. The molecule has 0 bridgehead atoms. The van der Waals surface area contributed by atoms with E-state index in [0.717, 1.165) is 75.2 Å². The van der Waals surface area contributed by atoms with Crippen LogP contribution >= 0.6 is 0 Å². The van der Waals surface area contributed by atoms with Crippen LogP contribution in [0, 0.1) is 5.41 Å². The van der Waals surface area contributed by atoms with Crippen molar-refractivity contribution in [3.8, 4) is 11.5 Å². The Kier molecular flexibility index (Phi) is 10.3. The first kappa shape index (κ1) is 31.1. The highest BCUT2D eigenvalue weighted by atomic mass is 16.5. The van der Waals surface area contributed by atoms with Crippen molar-refractivity contribution < 1.29 is 24.2 Å². The van der Waals surface area contributed by atoms with Crippen molar-refractivity contribution in [2.75, 3.05) is 43.2 Å². The smallest absolute Gasteiger partial charge is 0.267 e.